The van der Waals surface area contributed by atoms with Crippen LogP contribution in [-0.4, -0.2) is 35.3 Å². The zero-order valence-electron chi connectivity index (χ0n) is 15.2. The van der Waals surface area contributed by atoms with Crippen molar-refractivity contribution in [1.29, 1.82) is 0 Å². The van der Waals surface area contributed by atoms with Crippen LogP contribution in [0.25, 0.3) is 0 Å². The van der Waals surface area contributed by atoms with Gasteiger partial charge in [-0.2, -0.15) is 0 Å². The average molecular weight is 375 g/mol. The second kappa shape index (κ2) is 6.06. The molecule has 25 heavy (non-hydrogen) atoms. The van der Waals surface area contributed by atoms with Gasteiger partial charge < -0.3 is 14.2 Å². The van der Waals surface area contributed by atoms with E-state index in [-0.39, 0.29) is 11.8 Å². The molecule has 0 N–H and O–H groups in total. The molecule has 1 aliphatic carbocycles. The largest absolute Gasteiger partial charge is 0.434 e. The number of halogens is 1. The van der Waals surface area contributed by atoms with Gasteiger partial charge in [-0.15, -0.1) is 11.6 Å². The Hall–Kier alpha value is -0.400. The highest BCUT2D eigenvalue weighted by Crippen LogP contribution is 2.60. The maximum atomic E-state index is 12.0. The van der Waals surface area contributed by atoms with E-state index < -0.39 is 35.3 Å². The van der Waals surface area contributed by atoms with Crippen LogP contribution < -0.4 is 0 Å². The predicted molar refractivity (Wildman–Crippen MR) is 88.2 cm³/mol. The van der Waals surface area contributed by atoms with Gasteiger partial charge in [0, 0.05) is 18.3 Å². The summed E-state index contributed by atoms with van der Waals surface area (Å²) < 4.78 is 17.9. The van der Waals surface area contributed by atoms with Crippen LogP contribution in [-0.2, 0) is 28.8 Å². The summed E-state index contributed by atoms with van der Waals surface area (Å²) in [4.78, 5) is 23.8. The van der Waals surface area contributed by atoms with Gasteiger partial charge in [-0.25, -0.2) is 9.78 Å². The summed E-state index contributed by atoms with van der Waals surface area (Å²) in [7, 11) is 0. The molecule has 0 aromatic carbocycles. The van der Waals surface area contributed by atoms with Crippen molar-refractivity contribution < 1.29 is 28.8 Å². The van der Waals surface area contributed by atoms with Crippen molar-refractivity contribution in [3.63, 3.8) is 0 Å². The van der Waals surface area contributed by atoms with Crippen molar-refractivity contribution in [3.05, 3.63) is 0 Å². The minimum atomic E-state index is -0.827. The summed E-state index contributed by atoms with van der Waals surface area (Å²) in [6.45, 7) is 7.78. The summed E-state index contributed by atoms with van der Waals surface area (Å²) in [5.41, 5.74) is -0.636. The standard InChI is InChI=1S/C18H27ClO6/c1-9-5-6-13-10(2)15(21-14(20)11(3)19)22-16-18(13)12(9)7-8-17(4,23-16)24-25-18/h9-13,15-16H,5-8H2,1-4H3/t9-,10-,11?,12+,13?,15?,16-,17+,18-/m1/s1. The van der Waals surface area contributed by atoms with Crippen molar-refractivity contribution in [2.45, 2.75) is 82.7 Å². The molecule has 9 atom stereocenters. The Morgan fingerprint density at radius 1 is 1.20 bits per heavy atom. The Bertz CT molecular complexity index is 556. The fourth-order valence-corrected chi connectivity index (χ4v) is 5.27. The predicted octanol–water partition coefficient (Wildman–Crippen LogP) is 3.36. The molecule has 7 heteroatoms. The van der Waals surface area contributed by atoms with Crippen LogP contribution in [0.4, 0.5) is 0 Å². The van der Waals surface area contributed by atoms with Crippen LogP contribution in [0, 0.1) is 23.7 Å². The van der Waals surface area contributed by atoms with E-state index in [1.54, 1.807) is 6.92 Å². The van der Waals surface area contributed by atoms with Gasteiger partial charge in [0.15, 0.2) is 11.9 Å². The van der Waals surface area contributed by atoms with Crippen molar-refractivity contribution in [3.8, 4) is 0 Å². The van der Waals surface area contributed by atoms with Crippen LogP contribution in [0.3, 0.4) is 0 Å². The molecule has 4 saturated heterocycles. The van der Waals surface area contributed by atoms with E-state index >= 15 is 0 Å². The number of esters is 1. The molecule has 1 spiro atoms. The lowest BCUT2D eigenvalue weighted by Crippen LogP contribution is -2.70. The van der Waals surface area contributed by atoms with Gasteiger partial charge in [0.2, 0.25) is 12.1 Å². The highest BCUT2D eigenvalue weighted by molar-refractivity contribution is 6.29. The number of hydrogen-bond acceptors (Lipinski definition) is 6. The van der Waals surface area contributed by atoms with Crippen molar-refractivity contribution in [2.75, 3.05) is 0 Å². The average Bonchev–Trinajstić information content (AvgIpc) is 2.78. The molecule has 0 radical (unpaired) electrons. The quantitative estimate of drug-likeness (QED) is 0.419. The monoisotopic (exact) mass is 374 g/mol. The highest BCUT2D eigenvalue weighted by Gasteiger charge is 2.69. The summed E-state index contributed by atoms with van der Waals surface area (Å²) in [6, 6.07) is 0. The minimum absolute atomic E-state index is 0.0275. The molecule has 142 valence electrons. The van der Waals surface area contributed by atoms with Crippen molar-refractivity contribution >= 4 is 17.6 Å². The molecule has 5 aliphatic rings. The van der Waals surface area contributed by atoms with E-state index in [9.17, 15) is 4.79 Å². The number of rotatable bonds is 2. The number of carbonyl (C=O) groups is 1. The fourth-order valence-electron chi connectivity index (χ4n) is 5.21. The highest BCUT2D eigenvalue weighted by atomic mass is 35.5. The number of carbonyl (C=O) groups excluding carboxylic acids is 1. The van der Waals surface area contributed by atoms with E-state index in [4.69, 9.17) is 35.6 Å². The molecule has 6 nitrogen and oxygen atoms in total. The second-order valence-electron chi connectivity index (χ2n) is 8.33. The van der Waals surface area contributed by atoms with Gasteiger partial charge in [0.25, 0.3) is 0 Å². The van der Waals surface area contributed by atoms with Crippen LogP contribution in [0.2, 0.25) is 0 Å². The first kappa shape index (κ1) is 18.0. The molecule has 0 aromatic rings. The van der Waals surface area contributed by atoms with E-state index in [1.807, 2.05) is 13.8 Å². The number of alkyl halides is 1. The SMILES string of the molecule is CC(Cl)C(=O)OC1O[C@@H]2O[C@]3(C)CC[C@H]4[C@H](C)CCC([C@H]1C)[C@@]24OO3. The molecule has 2 bridgehead atoms. The zero-order chi connectivity index (χ0) is 18.0. The van der Waals surface area contributed by atoms with Gasteiger partial charge in [-0.05, 0) is 44.9 Å². The van der Waals surface area contributed by atoms with Gasteiger partial charge in [-0.1, -0.05) is 13.8 Å². The topological polar surface area (TPSA) is 63.2 Å². The Labute approximate surface area is 153 Å². The van der Waals surface area contributed by atoms with E-state index in [1.165, 1.54) is 0 Å². The second-order valence-corrected chi connectivity index (χ2v) is 8.98. The van der Waals surface area contributed by atoms with Crippen LogP contribution >= 0.6 is 11.6 Å². The zero-order valence-corrected chi connectivity index (χ0v) is 16.0. The number of hydrogen-bond donors (Lipinski definition) is 0. The Balaban J connectivity index is 1.68. The first-order valence-electron chi connectivity index (χ1n) is 9.31. The van der Waals surface area contributed by atoms with Gasteiger partial charge in [0.05, 0.1) is 0 Å². The Morgan fingerprint density at radius 2 is 1.96 bits per heavy atom. The molecule has 0 aromatic heterocycles. The lowest BCUT2D eigenvalue weighted by atomic mass is 9.58. The molecular weight excluding hydrogens is 348 g/mol. The number of ether oxygens (including phenoxy) is 3. The van der Waals surface area contributed by atoms with E-state index in [2.05, 4.69) is 6.92 Å². The summed E-state index contributed by atoms with van der Waals surface area (Å²) in [5, 5.41) is -0.714. The summed E-state index contributed by atoms with van der Waals surface area (Å²) in [6.07, 6.45) is 2.52. The smallest absolute Gasteiger partial charge is 0.326 e. The van der Waals surface area contributed by atoms with Crippen molar-refractivity contribution in [1.82, 2.24) is 0 Å². The maximum absolute atomic E-state index is 12.0. The normalized spacial score (nSPS) is 52.8. The van der Waals surface area contributed by atoms with Crippen LogP contribution in [0.1, 0.15) is 53.4 Å². The van der Waals surface area contributed by atoms with Crippen LogP contribution in [0.5, 0.6) is 0 Å². The maximum Gasteiger partial charge on any atom is 0.326 e. The molecule has 5 fully saturated rings. The first-order chi connectivity index (χ1) is 11.8. The third-order valence-electron chi connectivity index (χ3n) is 6.65. The molecule has 5 rings (SSSR count). The molecule has 4 aliphatic heterocycles. The summed E-state index contributed by atoms with van der Waals surface area (Å²) in [5.74, 6) is -0.390. The van der Waals surface area contributed by atoms with E-state index in [0.717, 1.165) is 25.7 Å². The van der Waals surface area contributed by atoms with Crippen molar-refractivity contribution in [2.24, 2.45) is 23.7 Å². The van der Waals surface area contributed by atoms with Gasteiger partial charge in [0.1, 0.15) is 5.38 Å². The van der Waals surface area contributed by atoms with Gasteiger partial charge >= 0.3 is 5.97 Å². The molecule has 4 heterocycles. The first-order valence-corrected chi connectivity index (χ1v) is 9.75. The third kappa shape index (κ3) is 2.64. The molecule has 3 unspecified atom stereocenters. The minimum Gasteiger partial charge on any atom is -0.434 e. The lowest BCUT2D eigenvalue weighted by molar-refractivity contribution is -0.576. The number of fused-ring (bicyclic) bond motifs is 2. The molecular formula is C18H27ClO6. The lowest BCUT2D eigenvalue weighted by Gasteiger charge is -2.59. The van der Waals surface area contributed by atoms with Crippen LogP contribution in [0.15, 0.2) is 0 Å². The Kier molecular flexibility index (Phi) is 4.36. The molecule has 1 saturated carbocycles. The third-order valence-corrected chi connectivity index (χ3v) is 6.83. The Morgan fingerprint density at radius 3 is 2.68 bits per heavy atom. The fraction of sp³-hybridized carbons (Fsp3) is 0.944. The summed E-state index contributed by atoms with van der Waals surface area (Å²) >= 11 is 5.86. The molecule has 0 amide bonds. The van der Waals surface area contributed by atoms with E-state index in [0.29, 0.717) is 11.8 Å². The van der Waals surface area contributed by atoms with Gasteiger partial charge in [-0.3, -0.25) is 4.79 Å².